The smallest absolute Gasteiger partial charge is 0.234 e. The molecule has 0 unspecified atom stereocenters. The number of fused-ring (bicyclic) bond motifs is 3. The predicted molar refractivity (Wildman–Crippen MR) is 114 cm³/mol. The van der Waals surface area contributed by atoms with Gasteiger partial charge in [0.2, 0.25) is 5.91 Å². The van der Waals surface area contributed by atoms with Crippen LogP contribution in [0.1, 0.15) is 34.9 Å². The molecule has 4 rings (SSSR count). The summed E-state index contributed by atoms with van der Waals surface area (Å²) in [6.45, 7) is 6.39. The fourth-order valence-corrected chi connectivity index (χ4v) is 5.97. The summed E-state index contributed by atoms with van der Waals surface area (Å²) in [5.74, 6) is 1.08. The average molecular weight is 398 g/mol. The Kier molecular flexibility index (Phi) is 5.19. The lowest BCUT2D eigenvalue weighted by molar-refractivity contribution is -0.113. The number of aryl methyl sites for hydroxylation is 3. The number of carbonyl (C=O) groups excluding carboxylic acids is 1. The van der Waals surface area contributed by atoms with Crippen LogP contribution in [0.5, 0.6) is 0 Å². The van der Waals surface area contributed by atoms with Gasteiger partial charge in [0.05, 0.1) is 5.75 Å². The second-order valence-corrected chi connectivity index (χ2v) is 9.47. The van der Waals surface area contributed by atoms with Gasteiger partial charge < -0.3 is 5.32 Å². The van der Waals surface area contributed by atoms with Crippen molar-refractivity contribution in [2.45, 2.75) is 45.1 Å². The molecule has 1 amide bonds. The maximum absolute atomic E-state index is 12.4. The Hall–Kier alpha value is -1.92. The number of benzene rings is 1. The zero-order valence-corrected chi connectivity index (χ0v) is 17.5. The Morgan fingerprint density at radius 1 is 1.26 bits per heavy atom. The number of anilines is 1. The summed E-state index contributed by atoms with van der Waals surface area (Å²) in [7, 11) is 0. The van der Waals surface area contributed by atoms with E-state index in [-0.39, 0.29) is 5.91 Å². The highest BCUT2D eigenvalue weighted by Gasteiger charge is 2.23. The molecule has 1 aromatic carbocycles. The summed E-state index contributed by atoms with van der Waals surface area (Å²) in [6, 6.07) is 6.09. The van der Waals surface area contributed by atoms with E-state index < -0.39 is 0 Å². The lowest BCUT2D eigenvalue weighted by atomic mass is 9.89. The molecule has 0 fully saturated rings. The minimum atomic E-state index is -0.00511. The Balaban J connectivity index is 1.51. The van der Waals surface area contributed by atoms with Crippen molar-refractivity contribution >= 4 is 44.9 Å². The summed E-state index contributed by atoms with van der Waals surface area (Å²) >= 11 is 3.30. The summed E-state index contributed by atoms with van der Waals surface area (Å²) in [6.07, 6.45) is 5.06. The molecule has 3 aromatic rings. The van der Waals surface area contributed by atoms with Crippen LogP contribution in [-0.4, -0.2) is 21.6 Å². The molecule has 0 saturated carbocycles. The molecule has 0 saturated heterocycles. The van der Waals surface area contributed by atoms with Crippen LogP contribution in [-0.2, 0) is 17.6 Å². The van der Waals surface area contributed by atoms with Gasteiger partial charge in [0, 0.05) is 16.0 Å². The number of thiophene rings is 1. The van der Waals surface area contributed by atoms with E-state index in [4.69, 9.17) is 0 Å². The number of nitrogens with zero attached hydrogens (tertiary/aromatic N) is 2. The van der Waals surface area contributed by atoms with E-state index in [1.165, 1.54) is 34.0 Å². The zero-order valence-electron chi connectivity index (χ0n) is 15.8. The zero-order chi connectivity index (χ0) is 19.0. The molecule has 4 nitrogen and oxygen atoms in total. The standard InChI is InChI=1S/C21H23N3OS2/c1-12-4-5-16-17(9-12)27-21-19(16)20(22-11-23-21)26-10-18(25)24-15-7-13(2)6-14(3)8-15/h6-8,11-12H,4-5,9-10H2,1-3H3,(H,24,25)/t12-/m1/s1. The molecule has 0 bridgehead atoms. The summed E-state index contributed by atoms with van der Waals surface area (Å²) in [5.41, 5.74) is 4.56. The minimum absolute atomic E-state index is 0.00511. The van der Waals surface area contributed by atoms with Crippen LogP contribution in [0.25, 0.3) is 10.2 Å². The Morgan fingerprint density at radius 3 is 2.81 bits per heavy atom. The van der Waals surface area contributed by atoms with Crippen LogP contribution < -0.4 is 5.32 Å². The van der Waals surface area contributed by atoms with E-state index in [1.54, 1.807) is 17.7 Å². The van der Waals surface area contributed by atoms with E-state index >= 15 is 0 Å². The Labute approximate surface area is 167 Å². The molecule has 0 spiro atoms. The van der Waals surface area contributed by atoms with Crippen LogP contribution >= 0.6 is 23.1 Å². The van der Waals surface area contributed by atoms with Crippen LogP contribution in [0.15, 0.2) is 29.6 Å². The molecule has 0 aliphatic heterocycles. The quantitative estimate of drug-likeness (QED) is 0.488. The Bertz CT molecular complexity index is 992. The monoisotopic (exact) mass is 397 g/mol. The van der Waals surface area contributed by atoms with Gasteiger partial charge in [0.1, 0.15) is 16.2 Å². The fourth-order valence-electron chi connectivity index (χ4n) is 3.73. The number of hydrogen-bond donors (Lipinski definition) is 1. The number of carbonyl (C=O) groups is 1. The van der Waals surface area contributed by atoms with Crippen molar-refractivity contribution in [3.05, 3.63) is 46.1 Å². The summed E-state index contributed by atoms with van der Waals surface area (Å²) in [5, 5.41) is 5.11. The highest BCUT2D eigenvalue weighted by molar-refractivity contribution is 8.00. The second-order valence-electron chi connectivity index (χ2n) is 7.42. The first kappa shape index (κ1) is 18.4. The first-order chi connectivity index (χ1) is 13.0. The number of aromatic nitrogens is 2. The number of rotatable bonds is 4. The van der Waals surface area contributed by atoms with E-state index in [2.05, 4.69) is 28.3 Å². The first-order valence-electron chi connectivity index (χ1n) is 9.26. The van der Waals surface area contributed by atoms with Crippen molar-refractivity contribution in [1.82, 2.24) is 9.97 Å². The van der Waals surface area contributed by atoms with Crippen molar-refractivity contribution in [3.8, 4) is 0 Å². The molecular weight excluding hydrogens is 374 g/mol. The maximum Gasteiger partial charge on any atom is 0.234 e. The van der Waals surface area contributed by atoms with Gasteiger partial charge in [-0.25, -0.2) is 9.97 Å². The van der Waals surface area contributed by atoms with Crippen LogP contribution in [0.3, 0.4) is 0 Å². The van der Waals surface area contributed by atoms with Crippen LogP contribution in [0, 0.1) is 19.8 Å². The SMILES string of the molecule is Cc1cc(C)cc(NC(=O)CSc2ncnc3sc4c(c23)CC[C@@H](C)C4)c1. The molecule has 6 heteroatoms. The van der Waals surface area contributed by atoms with Crippen LogP contribution in [0.4, 0.5) is 5.69 Å². The van der Waals surface area contributed by atoms with Gasteiger partial charge in [-0.15, -0.1) is 11.3 Å². The lowest BCUT2D eigenvalue weighted by Gasteiger charge is -2.18. The third kappa shape index (κ3) is 4.01. The van der Waals surface area contributed by atoms with E-state index in [0.29, 0.717) is 5.75 Å². The number of hydrogen-bond acceptors (Lipinski definition) is 5. The highest BCUT2D eigenvalue weighted by atomic mass is 32.2. The highest BCUT2D eigenvalue weighted by Crippen LogP contribution is 2.40. The predicted octanol–water partition coefficient (Wildman–Crippen LogP) is 5.16. The summed E-state index contributed by atoms with van der Waals surface area (Å²) in [4.78, 5) is 23.9. The largest absolute Gasteiger partial charge is 0.325 e. The normalized spacial score (nSPS) is 16.3. The minimum Gasteiger partial charge on any atom is -0.325 e. The average Bonchev–Trinajstić information content (AvgIpc) is 2.96. The van der Waals surface area contributed by atoms with Gasteiger partial charge in [-0.2, -0.15) is 0 Å². The molecule has 2 aromatic heterocycles. The number of nitrogens with one attached hydrogen (secondary N) is 1. The fraction of sp³-hybridized carbons (Fsp3) is 0.381. The number of amides is 1. The second kappa shape index (κ2) is 7.60. The first-order valence-corrected chi connectivity index (χ1v) is 11.1. The maximum atomic E-state index is 12.4. The van der Waals surface area contributed by atoms with Crippen molar-refractivity contribution < 1.29 is 4.79 Å². The van der Waals surface area contributed by atoms with Crippen molar-refractivity contribution in [2.24, 2.45) is 5.92 Å². The molecule has 1 N–H and O–H groups in total. The molecule has 27 heavy (non-hydrogen) atoms. The summed E-state index contributed by atoms with van der Waals surface area (Å²) < 4.78 is 0. The van der Waals surface area contributed by atoms with E-state index in [0.717, 1.165) is 45.4 Å². The Morgan fingerprint density at radius 2 is 2.04 bits per heavy atom. The molecular formula is C21H23N3OS2. The van der Waals surface area contributed by atoms with E-state index in [1.807, 2.05) is 26.0 Å². The lowest BCUT2D eigenvalue weighted by Crippen LogP contribution is -2.14. The van der Waals surface area contributed by atoms with Crippen molar-refractivity contribution in [3.63, 3.8) is 0 Å². The molecule has 2 heterocycles. The molecule has 140 valence electrons. The topological polar surface area (TPSA) is 54.9 Å². The van der Waals surface area contributed by atoms with Gasteiger partial charge in [-0.05, 0) is 67.9 Å². The molecule has 1 aliphatic rings. The third-order valence-corrected chi connectivity index (χ3v) is 7.05. The molecule has 1 atom stereocenters. The van der Waals surface area contributed by atoms with Crippen molar-refractivity contribution in [1.29, 1.82) is 0 Å². The van der Waals surface area contributed by atoms with Gasteiger partial charge in [0.25, 0.3) is 0 Å². The van der Waals surface area contributed by atoms with Gasteiger partial charge in [-0.1, -0.05) is 24.8 Å². The van der Waals surface area contributed by atoms with Crippen molar-refractivity contribution in [2.75, 3.05) is 11.1 Å². The van der Waals surface area contributed by atoms with Crippen LogP contribution in [0.2, 0.25) is 0 Å². The molecule has 0 radical (unpaired) electrons. The third-order valence-electron chi connectivity index (χ3n) is 4.90. The number of thioether (sulfide) groups is 1. The van der Waals surface area contributed by atoms with Gasteiger partial charge in [0.15, 0.2) is 0 Å². The van der Waals surface area contributed by atoms with Gasteiger partial charge >= 0.3 is 0 Å². The van der Waals surface area contributed by atoms with E-state index in [9.17, 15) is 4.79 Å². The molecule has 1 aliphatic carbocycles. The van der Waals surface area contributed by atoms with Gasteiger partial charge in [-0.3, -0.25) is 4.79 Å².